The average Bonchev–Trinajstić information content (AvgIpc) is 3.14. The number of hydrogen-bond acceptors (Lipinski definition) is 3. The average molecular weight is 279 g/mol. The maximum absolute atomic E-state index is 10.6. The van der Waals surface area contributed by atoms with E-state index in [0.29, 0.717) is 6.54 Å². The van der Waals surface area contributed by atoms with Crippen LogP contribution >= 0.6 is 0 Å². The fraction of sp³-hybridized carbons (Fsp3) is 0.667. The topological polar surface area (TPSA) is 69.8 Å². The van der Waals surface area contributed by atoms with Crippen LogP contribution in [0.4, 0.5) is 0 Å². The molecule has 1 atom stereocenters. The van der Waals surface area contributed by atoms with Crippen molar-refractivity contribution in [3.8, 4) is 0 Å². The molecule has 1 fully saturated rings. The number of hydrogen-bond donors (Lipinski definition) is 3. The summed E-state index contributed by atoms with van der Waals surface area (Å²) in [7, 11) is 1.74. The molecule has 0 saturated heterocycles. The summed E-state index contributed by atoms with van der Waals surface area (Å²) in [5, 5.41) is 17.1. The second kappa shape index (κ2) is 5.87. The highest BCUT2D eigenvalue weighted by Gasteiger charge is 2.28. The Morgan fingerprint density at radius 1 is 1.45 bits per heavy atom. The summed E-state index contributed by atoms with van der Waals surface area (Å²) in [5.74, 6) is 3.09. The molecule has 5 nitrogen and oxygen atoms in total. The lowest BCUT2D eigenvalue weighted by Gasteiger charge is -2.24. The van der Waals surface area contributed by atoms with Gasteiger partial charge in [0.2, 0.25) is 0 Å². The molecule has 3 N–H and O–H groups in total. The van der Waals surface area contributed by atoms with Gasteiger partial charge in [-0.15, -0.1) is 0 Å². The van der Waals surface area contributed by atoms with Crippen LogP contribution in [0.2, 0.25) is 0 Å². The van der Waals surface area contributed by atoms with Crippen molar-refractivity contribution in [3.05, 3.63) is 23.2 Å². The first-order valence-corrected chi connectivity index (χ1v) is 7.17. The van der Waals surface area contributed by atoms with Gasteiger partial charge in [0.05, 0.1) is 6.54 Å². The van der Waals surface area contributed by atoms with Crippen molar-refractivity contribution < 1.29 is 9.52 Å². The molecule has 1 aliphatic rings. The zero-order chi connectivity index (χ0) is 14.8. The van der Waals surface area contributed by atoms with E-state index in [2.05, 4.69) is 15.6 Å². The molecule has 1 unspecified atom stereocenters. The quantitative estimate of drug-likeness (QED) is 0.566. The Balaban J connectivity index is 1.91. The van der Waals surface area contributed by atoms with Crippen molar-refractivity contribution >= 4 is 5.96 Å². The van der Waals surface area contributed by atoms with E-state index in [9.17, 15) is 5.11 Å². The summed E-state index contributed by atoms with van der Waals surface area (Å²) in [5.41, 5.74) is -0.167. The lowest BCUT2D eigenvalue weighted by molar-refractivity contribution is 0.0602. The molecule has 0 aliphatic heterocycles. The molecule has 1 saturated carbocycles. The van der Waals surface area contributed by atoms with Crippen LogP contribution in [0.5, 0.6) is 0 Å². The van der Waals surface area contributed by atoms with Crippen molar-refractivity contribution in [1.82, 2.24) is 10.6 Å². The number of nitrogens with one attached hydrogen (secondary N) is 2. The van der Waals surface area contributed by atoms with Crippen LogP contribution in [0.25, 0.3) is 0 Å². The van der Waals surface area contributed by atoms with Gasteiger partial charge in [-0.2, -0.15) is 0 Å². The van der Waals surface area contributed by atoms with E-state index in [4.69, 9.17) is 4.42 Å². The van der Waals surface area contributed by atoms with Gasteiger partial charge in [0.1, 0.15) is 17.1 Å². The molecule has 0 radical (unpaired) electrons. The summed E-state index contributed by atoms with van der Waals surface area (Å²) in [6.45, 7) is 6.88. The van der Waals surface area contributed by atoms with Crippen molar-refractivity contribution in [2.75, 3.05) is 20.1 Å². The van der Waals surface area contributed by atoms with E-state index < -0.39 is 5.60 Å². The fourth-order valence-corrected chi connectivity index (χ4v) is 2.30. The molecular formula is C15H25N3O2. The van der Waals surface area contributed by atoms with Gasteiger partial charge in [-0.05, 0) is 45.6 Å². The van der Waals surface area contributed by atoms with E-state index in [-0.39, 0.29) is 0 Å². The molecule has 0 amide bonds. The number of aliphatic hydroxyl groups is 1. The molecule has 2 rings (SSSR count). The second-order valence-corrected chi connectivity index (χ2v) is 5.85. The molecule has 0 spiro atoms. The Kier molecular flexibility index (Phi) is 4.38. The highest BCUT2D eigenvalue weighted by molar-refractivity contribution is 5.79. The lowest BCUT2D eigenvalue weighted by atomic mass is 9.96. The number of aliphatic imine (C=N–C) groups is 1. The summed E-state index contributed by atoms with van der Waals surface area (Å²) in [6.07, 6.45) is 2.60. The molecule has 1 aliphatic carbocycles. The summed E-state index contributed by atoms with van der Waals surface area (Å²) >= 11 is 0. The number of furan rings is 1. The first-order chi connectivity index (χ1) is 9.42. The number of aryl methyl sites for hydroxylation is 2. The minimum Gasteiger partial charge on any atom is -0.466 e. The van der Waals surface area contributed by atoms with Gasteiger partial charge in [-0.1, -0.05) is 0 Å². The number of guanidine groups is 1. The smallest absolute Gasteiger partial charge is 0.191 e. The molecular weight excluding hydrogens is 254 g/mol. The maximum Gasteiger partial charge on any atom is 0.191 e. The van der Waals surface area contributed by atoms with Gasteiger partial charge < -0.3 is 20.2 Å². The van der Waals surface area contributed by atoms with Crippen molar-refractivity contribution in [1.29, 1.82) is 0 Å². The Labute approximate surface area is 120 Å². The SMILES string of the molecule is CN=C(NCC1CC1)NCC(C)(O)c1cc(C)oc1C. The Morgan fingerprint density at radius 3 is 2.65 bits per heavy atom. The van der Waals surface area contributed by atoms with Crippen LogP contribution < -0.4 is 10.6 Å². The normalized spacial score (nSPS) is 18.8. The molecule has 112 valence electrons. The Morgan fingerprint density at radius 2 is 2.15 bits per heavy atom. The molecule has 0 bridgehead atoms. The molecule has 1 aromatic rings. The van der Waals surface area contributed by atoms with Crippen LogP contribution in [0, 0.1) is 19.8 Å². The lowest BCUT2D eigenvalue weighted by Crippen LogP contribution is -2.45. The molecule has 0 aromatic carbocycles. The first-order valence-electron chi connectivity index (χ1n) is 7.17. The third-order valence-corrected chi connectivity index (χ3v) is 3.70. The van der Waals surface area contributed by atoms with E-state index in [1.54, 1.807) is 14.0 Å². The zero-order valence-electron chi connectivity index (χ0n) is 12.8. The van der Waals surface area contributed by atoms with Gasteiger partial charge in [-0.3, -0.25) is 4.99 Å². The monoisotopic (exact) mass is 279 g/mol. The van der Waals surface area contributed by atoms with Crippen LogP contribution in [-0.4, -0.2) is 31.2 Å². The van der Waals surface area contributed by atoms with Crippen LogP contribution in [0.1, 0.15) is 36.8 Å². The minimum absolute atomic E-state index is 0.386. The zero-order valence-corrected chi connectivity index (χ0v) is 12.8. The Bertz CT molecular complexity index is 487. The van der Waals surface area contributed by atoms with Crippen LogP contribution in [-0.2, 0) is 5.60 Å². The van der Waals surface area contributed by atoms with Gasteiger partial charge in [0.15, 0.2) is 5.96 Å². The third-order valence-electron chi connectivity index (χ3n) is 3.70. The minimum atomic E-state index is -0.987. The summed E-state index contributed by atoms with van der Waals surface area (Å²) in [4.78, 5) is 4.17. The van der Waals surface area contributed by atoms with Crippen molar-refractivity contribution in [3.63, 3.8) is 0 Å². The van der Waals surface area contributed by atoms with Gasteiger partial charge >= 0.3 is 0 Å². The van der Waals surface area contributed by atoms with Gasteiger partial charge in [-0.25, -0.2) is 0 Å². The Hall–Kier alpha value is -1.49. The number of rotatable bonds is 5. The highest BCUT2D eigenvalue weighted by atomic mass is 16.3. The third kappa shape index (κ3) is 3.76. The molecule has 5 heteroatoms. The van der Waals surface area contributed by atoms with E-state index in [1.807, 2.05) is 19.9 Å². The molecule has 1 heterocycles. The van der Waals surface area contributed by atoms with Gasteiger partial charge in [0.25, 0.3) is 0 Å². The second-order valence-electron chi connectivity index (χ2n) is 5.85. The predicted octanol–water partition coefficient (Wildman–Crippen LogP) is 1.68. The van der Waals surface area contributed by atoms with Crippen LogP contribution in [0.3, 0.4) is 0 Å². The predicted molar refractivity (Wildman–Crippen MR) is 79.8 cm³/mol. The molecule has 20 heavy (non-hydrogen) atoms. The van der Waals surface area contributed by atoms with Crippen LogP contribution in [0.15, 0.2) is 15.5 Å². The largest absolute Gasteiger partial charge is 0.466 e. The van der Waals surface area contributed by atoms with Crippen molar-refractivity contribution in [2.45, 2.75) is 39.2 Å². The highest BCUT2D eigenvalue weighted by Crippen LogP contribution is 2.28. The summed E-state index contributed by atoms with van der Waals surface area (Å²) in [6, 6.07) is 1.89. The van der Waals surface area contributed by atoms with E-state index in [1.165, 1.54) is 12.8 Å². The first kappa shape index (κ1) is 14.9. The van der Waals surface area contributed by atoms with E-state index >= 15 is 0 Å². The standard InChI is InChI=1S/C15H25N3O2/c1-10-7-13(11(2)20-10)15(3,19)9-18-14(16-4)17-8-12-5-6-12/h7,12,19H,5-6,8-9H2,1-4H3,(H2,16,17,18). The summed E-state index contributed by atoms with van der Waals surface area (Å²) < 4.78 is 5.49. The molecule has 1 aromatic heterocycles. The fourth-order valence-electron chi connectivity index (χ4n) is 2.30. The maximum atomic E-state index is 10.6. The van der Waals surface area contributed by atoms with Gasteiger partial charge in [0, 0.05) is 19.2 Å². The van der Waals surface area contributed by atoms with E-state index in [0.717, 1.165) is 35.5 Å². The van der Waals surface area contributed by atoms with Crippen molar-refractivity contribution in [2.24, 2.45) is 10.9 Å². The number of nitrogens with zero attached hydrogens (tertiary/aromatic N) is 1.